The number of benzene rings is 1. The highest BCUT2D eigenvalue weighted by molar-refractivity contribution is 5.72. The summed E-state index contributed by atoms with van der Waals surface area (Å²) in [6, 6.07) is 0.850. The third kappa shape index (κ3) is 24.0. The van der Waals surface area contributed by atoms with E-state index < -0.39 is 29.2 Å². The van der Waals surface area contributed by atoms with E-state index in [0.717, 1.165) is 31.5 Å². The maximum atomic E-state index is 13.5. The summed E-state index contributed by atoms with van der Waals surface area (Å²) in [6.45, 7) is 14.4. The lowest BCUT2D eigenvalue weighted by Crippen LogP contribution is -2.37. The molecule has 0 aliphatic heterocycles. The summed E-state index contributed by atoms with van der Waals surface area (Å²) in [4.78, 5) is 11.7. The quantitative estimate of drug-likeness (QED) is 0.0509. The molecule has 2 aromatic rings. The topological polar surface area (TPSA) is 175 Å². The summed E-state index contributed by atoms with van der Waals surface area (Å²) in [5.41, 5.74) is 1.47. The van der Waals surface area contributed by atoms with E-state index in [1.54, 1.807) is 10.9 Å². The van der Waals surface area contributed by atoms with Crippen LogP contribution >= 0.6 is 0 Å². The number of esters is 1. The van der Waals surface area contributed by atoms with E-state index in [4.69, 9.17) is 37.9 Å². The van der Waals surface area contributed by atoms with Gasteiger partial charge in [-0.2, -0.15) is 0 Å². The number of nitrogens with one attached hydrogen (secondary N) is 2. The Balaban J connectivity index is 1.31. The second kappa shape index (κ2) is 32.6. The Morgan fingerprint density at radius 2 is 1.31 bits per heavy atom. The van der Waals surface area contributed by atoms with Crippen LogP contribution in [0, 0.1) is 22.9 Å². The highest BCUT2D eigenvalue weighted by atomic mass is 19.1. The number of nitrogens with zero attached hydrogens (tertiary/aromatic N) is 3. The first kappa shape index (κ1) is 50.9. The molecule has 332 valence electrons. The fourth-order valence-electron chi connectivity index (χ4n) is 5.09. The molecule has 0 saturated carbocycles. The molecule has 58 heavy (non-hydrogen) atoms. The summed E-state index contributed by atoms with van der Waals surface area (Å²) >= 11 is 0. The third-order valence-corrected chi connectivity index (χ3v) is 8.64. The van der Waals surface area contributed by atoms with Gasteiger partial charge in [-0.05, 0) is 32.9 Å². The average molecular weight is 836 g/mol. The number of ether oxygens (including phenoxy) is 9. The van der Waals surface area contributed by atoms with Crippen LogP contribution < -0.4 is 15.4 Å². The van der Waals surface area contributed by atoms with Crippen molar-refractivity contribution in [1.82, 2.24) is 25.6 Å². The van der Waals surface area contributed by atoms with Gasteiger partial charge < -0.3 is 58.4 Å². The molecule has 3 N–H and O–H groups in total. The van der Waals surface area contributed by atoms with Crippen LogP contribution in [0.15, 0.2) is 30.6 Å². The van der Waals surface area contributed by atoms with E-state index in [-0.39, 0.29) is 38.3 Å². The maximum absolute atomic E-state index is 13.5. The highest BCUT2D eigenvalue weighted by Gasteiger charge is 2.26. The lowest BCUT2D eigenvalue weighted by atomic mass is 9.81. The molecule has 0 radical (unpaired) electrons. The number of aliphatic hydroxyl groups excluding tert-OH is 1. The Morgan fingerprint density at radius 1 is 0.793 bits per heavy atom. The molecule has 1 atom stereocenters. The van der Waals surface area contributed by atoms with Gasteiger partial charge in [0.2, 0.25) is 5.75 Å². The first-order valence-electron chi connectivity index (χ1n) is 19.7. The zero-order valence-electron chi connectivity index (χ0n) is 34.1. The monoisotopic (exact) mass is 835 g/mol. The third-order valence-electron chi connectivity index (χ3n) is 8.64. The van der Waals surface area contributed by atoms with Crippen molar-refractivity contribution >= 4 is 5.97 Å². The SMILES string of the molecule is C=C(CCOCCOCCOCCOCc1cn(CCOCCOCCOCCOCCC(=O)Oc2c(F)cc(F)cc2F)nn1)NCC(CC)(CO)CCCNC. The van der Waals surface area contributed by atoms with Crippen molar-refractivity contribution in [3.05, 3.63) is 53.8 Å². The number of carbonyl (C=O) groups excluding carboxylic acids is 1. The molecule has 1 heterocycles. The Kier molecular flexibility index (Phi) is 28.6. The Morgan fingerprint density at radius 3 is 1.84 bits per heavy atom. The van der Waals surface area contributed by atoms with E-state index >= 15 is 0 Å². The predicted octanol–water partition coefficient (Wildman–Crippen LogP) is 3.21. The van der Waals surface area contributed by atoms with Gasteiger partial charge in [0.25, 0.3) is 0 Å². The van der Waals surface area contributed by atoms with Crippen LogP contribution in [0.3, 0.4) is 0 Å². The van der Waals surface area contributed by atoms with Crippen molar-refractivity contribution in [1.29, 1.82) is 0 Å². The molecule has 0 spiro atoms. The van der Waals surface area contributed by atoms with E-state index in [9.17, 15) is 23.1 Å². The first-order valence-corrected chi connectivity index (χ1v) is 19.7. The zero-order chi connectivity index (χ0) is 42.1. The summed E-state index contributed by atoms with van der Waals surface area (Å²) in [5, 5.41) is 24.7. The van der Waals surface area contributed by atoms with Gasteiger partial charge in [-0.1, -0.05) is 18.7 Å². The smallest absolute Gasteiger partial charge is 0.313 e. The average Bonchev–Trinajstić information content (AvgIpc) is 3.67. The zero-order valence-corrected chi connectivity index (χ0v) is 34.1. The van der Waals surface area contributed by atoms with Crippen LogP contribution in [-0.2, 0) is 55.8 Å². The Labute approximate surface area is 339 Å². The normalized spacial score (nSPS) is 12.5. The number of halogens is 3. The van der Waals surface area contributed by atoms with Crippen molar-refractivity contribution in [2.45, 2.75) is 52.2 Å². The number of carbonyl (C=O) groups is 1. The summed E-state index contributed by atoms with van der Waals surface area (Å²) in [5.74, 6) is -5.58. The molecule has 0 aliphatic carbocycles. The van der Waals surface area contributed by atoms with Gasteiger partial charge in [-0.25, -0.2) is 17.9 Å². The molecule has 0 aliphatic rings. The predicted molar refractivity (Wildman–Crippen MR) is 207 cm³/mol. The Bertz CT molecular complexity index is 1350. The standard InChI is InChI=1S/C39H64F3N5O11/c1-4-39(31-48,8-5-9-43-3)30-44-32(2)6-11-50-14-17-53-22-23-56-24-25-57-29-34-28-47(46-45-34)10-13-52-16-19-55-21-20-54-18-15-51-12-7-37(49)58-38-35(41)26-33(40)27-36(38)42/h26-28,43-44,48H,2,4-25,29-31H2,1,3H3. The molecule has 19 heteroatoms. The van der Waals surface area contributed by atoms with E-state index in [2.05, 4.69) is 39.2 Å². The fraction of sp³-hybridized carbons (Fsp3) is 0.718. The van der Waals surface area contributed by atoms with Crippen LogP contribution in [0.4, 0.5) is 13.2 Å². The largest absolute Gasteiger partial charge is 0.420 e. The molecule has 0 bridgehead atoms. The van der Waals surface area contributed by atoms with Crippen molar-refractivity contribution in [3.8, 4) is 5.75 Å². The van der Waals surface area contributed by atoms with Gasteiger partial charge in [0.05, 0.1) is 131 Å². The molecule has 0 fully saturated rings. The van der Waals surface area contributed by atoms with Crippen LogP contribution in [-0.4, -0.2) is 152 Å². The second-order valence-corrected chi connectivity index (χ2v) is 13.2. The van der Waals surface area contributed by atoms with Gasteiger partial charge in [-0.15, -0.1) is 5.10 Å². The van der Waals surface area contributed by atoms with Crippen LogP contribution in [0.5, 0.6) is 5.75 Å². The lowest BCUT2D eigenvalue weighted by Gasteiger charge is -2.32. The van der Waals surface area contributed by atoms with E-state index in [0.29, 0.717) is 123 Å². The highest BCUT2D eigenvalue weighted by Crippen LogP contribution is 2.27. The number of rotatable bonds is 39. The maximum Gasteiger partial charge on any atom is 0.313 e. The molecule has 2 rings (SSSR count). The fourth-order valence-corrected chi connectivity index (χ4v) is 5.09. The van der Waals surface area contributed by atoms with Crippen molar-refractivity contribution in [2.75, 3.05) is 126 Å². The van der Waals surface area contributed by atoms with Crippen molar-refractivity contribution in [3.63, 3.8) is 0 Å². The van der Waals surface area contributed by atoms with Gasteiger partial charge in [0.1, 0.15) is 11.5 Å². The van der Waals surface area contributed by atoms with Crippen LogP contribution in [0.1, 0.15) is 44.7 Å². The van der Waals surface area contributed by atoms with E-state index in [1.807, 2.05) is 7.05 Å². The van der Waals surface area contributed by atoms with Crippen LogP contribution in [0.25, 0.3) is 0 Å². The number of aliphatic hydroxyl groups is 1. The number of aromatic nitrogens is 3. The molecule has 1 unspecified atom stereocenters. The molecule has 1 aromatic heterocycles. The van der Waals surface area contributed by atoms with Crippen molar-refractivity contribution in [2.24, 2.45) is 5.41 Å². The summed E-state index contributed by atoms with van der Waals surface area (Å²) in [7, 11) is 1.94. The molecule has 16 nitrogen and oxygen atoms in total. The number of hydrogen-bond acceptors (Lipinski definition) is 15. The minimum Gasteiger partial charge on any atom is -0.420 e. The van der Waals surface area contributed by atoms with E-state index in [1.165, 1.54) is 0 Å². The summed E-state index contributed by atoms with van der Waals surface area (Å²) in [6.07, 6.45) is 5.13. The molecular formula is C39H64F3N5O11. The van der Waals surface area contributed by atoms with Crippen LogP contribution in [0.2, 0.25) is 0 Å². The first-order chi connectivity index (χ1) is 28.2. The van der Waals surface area contributed by atoms with Gasteiger partial charge in [-0.3, -0.25) is 4.79 Å². The minimum atomic E-state index is -1.30. The molecular weight excluding hydrogens is 771 g/mol. The summed E-state index contributed by atoms with van der Waals surface area (Å²) < 4.78 is 90.3. The second-order valence-electron chi connectivity index (χ2n) is 13.2. The Hall–Kier alpha value is -3.24. The molecule has 1 aromatic carbocycles. The van der Waals surface area contributed by atoms with Gasteiger partial charge in [0.15, 0.2) is 11.6 Å². The number of hydrogen-bond donors (Lipinski definition) is 3. The van der Waals surface area contributed by atoms with Gasteiger partial charge >= 0.3 is 5.97 Å². The van der Waals surface area contributed by atoms with Crippen molar-refractivity contribution < 1.29 is 65.7 Å². The van der Waals surface area contributed by atoms with Gasteiger partial charge in [0, 0.05) is 36.2 Å². The molecule has 0 saturated heterocycles. The minimum absolute atomic E-state index is 0.0421. The molecule has 0 amide bonds. The lowest BCUT2D eigenvalue weighted by molar-refractivity contribution is -0.136.